The van der Waals surface area contributed by atoms with Crippen LogP contribution in [-0.4, -0.2) is 34.9 Å². The van der Waals surface area contributed by atoms with Crippen LogP contribution in [0.5, 0.6) is 5.75 Å². The molecule has 1 aromatic carbocycles. The topological polar surface area (TPSA) is 98.7 Å². The summed E-state index contributed by atoms with van der Waals surface area (Å²) in [6.07, 6.45) is 1.45. The summed E-state index contributed by atoms with van der Waals surface area (Å²) in [5.74, 6) is 0.356. The molecular formula is C16H23N3O4. The summed E-state index contributed by atoms with van der Waals surface area (Å²) >= 11 is 0. The molecule has 1 aromatic rings. The third kappa shape index (κ3) is 4.66. The van der Waals surface area contributed by atoms with Crippen LogP contribution in [0.25, 0.3) is 0 Å². The highest BCUT2D eigenvalue weighted by Crippen LogP contribution is 2.28. The number of nitro benzene ring substituents is 1. The van der Waals surface area contributed by atoms with E-state index in [-0.39, 0.29) is 23.6 Å². The van der Waals surface area contributed by atoms with E-state index in [0.717, 1.165) is 31.5 Å². The minimum Gasteiger partial charge on any atom is -0.491 e. The highest BCUT2D eigenvalue weighted by molar-refractivity contribution is 5.76. The number of carbonyl (C=O) groups is 1. The quantitative estimate of drug-likeness (QED) is 0.639. The number of non-ortho nitro benzene ring substituents is 1. The molecule has 2 N–H and O–H groups in total. The van der Waals surface area contributed by atoms with Gasteiger partial charge in [0.05, 0.1) is 11.0 Å². The van der Waals surface area contributed by atoms with Gasteiger partial charge in [-0.3, -0.25) is 19.8 Å². The molecule has 7 nitrogen and oxygen atoms in total. The summed E-state index contributed by atoms with van der Waals surface area (Å²) in [5, 5.41) is 11.0. The number of primary amides is 1. The zero-order chi connectivity index (χ0) is 17.0. The Morgan fingerprint density at radius 2 is 2.09 bits per heavy atom. The first-order chi connectivity index (χ1) is 10.9. The lowest BCUT2D eigenvalue weighted by atomic mass is 9.96. The third-order valence-electron chi connectivity index (χ3n) is 4.00. The van der Waals surface area contributed by atoms with Crippen molar-refractivity contribution in [2.75, 3.05) is 13.1 Å². The molecule has 1 aliphatic rings. The van der Waals surface area contributed by atoms with Crippen LogP contribution in [0.2, 0.25) is 0 Å². The zero-order valence-electron chi connectivity index (χ0n) is 13.5. The highest BCUT2D eigenvalue weighted by atomic mass is 16.6. The monoisotopic (exact) mass is 321 g/mol. The molecule has 126 valence electrons. The van der Waals surface area contributed by atoms with E-state index in [9.17, 15) is 14.9 Å². The van der Waals surface area contributed by atoms with Crippen molar-refractivity contribution in [2.24, 2.45) is 11.7 Å². The molecule has 0 atom stereocenters. The Labute approximate surface area is 135 Å². The molecule has 1 heterocycles. The van der Waals surface area contributed by atoms with E-state index in [4.69, 9.17) is 10.5 Å². The molecule has 0 aromatic heterocycles. The Hall–Kier alpha value is -2.15. The van der Waals surface area contributed by atoms with E-state index in [1.54, 1.807) is 12.1 Å². The van der Waals surface area contributed by atoms with Crippen molar-refractivity contribution in [3.8, 4) is 5.75 Å². The van der Waals surface area contributed by atoms with E-state index >= 15 is 0 Å². The molecule has 1 saturated heterocycles. The summed E-state index contributed by atoms with van der Waals surface area (Å²) in [7, 11) is 0. The second-order valence-electron chi connectivity index (χ2n) is 6.17. The molecule has 1 fully saturated rings. The van der Waals surface area contributed by atoms with E-state index < -0.39 is 4.92 Å². The molecule has 2 rings (SSSR count). The predicted octanol–water partition coefficient (Wildman–Crippen LogP) is 2.08. The number of hydrogen-bond donors (Lipinski definition) is 1. The minimum atomic E-state index is -0.401. The molecule has 7 heteroatoms. The molecule has 0 bridgehead atoms. The number of ether oxygens (including phenoxy) is 1. The molecule has 1 amide bonds. The van der Waals surface area contributed by atoms with Gasteiger partial charge >= 0.3 is 0 Å². The van der Waals surface area contributed by atoms with Gasteiger partial charge in [0, 0.05) is 30.2 Å². The van der Waals surface area contributed by atoms with Gasteiger partial charge in [0.2, 0.25) is 5.91 Å². The van der Waals surface area contributed by atoms with Crippen LogP contribution in [0.15, 0.2) is 18.2 Å². The number of rotatable bonds is 6. The molecule has 1 aliphatic heterocycles. The van der Waals surface area contributed by atoms with E-state index in [0.29, 0.717) is 12.3 Å². The van der Waals surface area contributed by atoms with Crippen LogP contribution in [0, 0.1) is 16.0 Å². The second-order valence-corrected chi connectivity index (χ2v) is 6.17. The van der Waals surface area contributed by atoms with E-state index in [1.807, 2.05) is 13.8 Å². The number of amides is 1. The summed E-state index contributed by atoms with van der Waals surface area (Å²) in [6.45, 7) is 5.90. The van der Waals surface area contributed by atoms with Crippen LogP contribution < -0.4 is 10.5 Å². The average Bonchev–Trinajstić information content (AvgIpc) is 2.49. The predicted molar refractivity (Wildman–Crippen MR) is 86.1 cm³/mol. The maximum absolute atomic E-state index is 11.2. The first-order valence-corrected chi connectivity index (χ1v) is 7.82. The Morgan fingerprint density at radius 1 is 1.43 bits per heavy atom. The highest BCUT2D eigenvalue weighted by Gasteiger charge is 2.24. The van der Waals surface area contributed by atoms with Gasteiger partial charge in [0.1, 0.15) is 5.75 Å². The number of benzene rings is 1. The summed E-state index contributed by atoms with van der Waals surface area (Å²) in [5.41, 5.74) is 6.20. The SMILES string of the molecule is CC(C)Oc1ccc([N+](=O)[O-])cc1CN1CCC(C(N)=O)CC1. The molecule has 0 radical (unpaired) electrons. The Bertz CT molecular complexity index is 581. The number of nitrogens with two attached hydrogens (primary N) is 1. The summed E-state index contributed by atoms with van der Waals surface area (Å²) in [4.78, 5) is 24.0. The number of carbonyl (C=O) groups excluding carboxylic acids is 1. The number of piperidine rings is 1. The fourth-order valence-corrected chi connectivity index (χ4v) is 2.79. The fraction of sp³-hybridized carbons (Fsp3) is 0.562. The minimum absolute atomic E-state index is 0.00389. The molecule has 23 heavy (non-hydrogen) atoms. The lowest BCUT2D eigenvalue weighted by Crippen LogP contribution is -2.38. The standard InChI is InChI=1S/C16H23N3O4/c1-11(2)23-15-4-3-14(19(21)22)9-13(15)10-18-7-5-12(6-8-18)16(17)20/h3-4,9,11-12H,5-8,10H2,1-2H3,(H2,17,20). The molecule has 0 unspecified atom stereocenters. The van der Waals surface area contributed by atoms with Gasteiger partial charge in [0.25, 0.3) is 5.69 Å². The lowest BCUT2D eigenvalue weighted by molar-refractivity contribution is -0.385. The zero-order valence-corrected chi connectivity index (χ0v) is 13.5. The van der Waals surface area contributed by atoms with Crippen LogP contribution in [0.1, 0.15) is 32.3 Å². The number of nitro groups is 1. The smallest absolute Gasteiger partial charge is 0.270 e. The fourth-order valence-electron chi connectivity index (χ4n) is 2.79. The molecule has 0 aliphatic carbocycles. The van der Waals surface area contributed by atoms with Crippen LogP contribution in [0.3, 0.4) is 0 Å². The van der Waals surface area contributed by atoms with Crippen molar-refractivity contribution < 1.29 is 14.5 Å². The van der Waals surface area contributed by atoms with Crippen molar-refractivity contribution in [3.05, 3.63) is 33.9 Å². The van der Waals surface area contributed by atoms with Gasteiger partial charge in [-0.15, -0.1) is 0 Å². The van der Waals surface area contributed by atoms with Crippen molar-refractivity contribution in [1.29, 1.82) is 0 Å². The molecular weight excluding hydrogens is 298 g/mol. The van der Waals surface area contributed by atoms with Crippen molar-refractivity contribution in [3.63, 3.8) is 0 Å². The Morgan fingerprint density at radius 3 is 2.61 bits per heavy atom. The van der Waals surface area contributed by atoms with Gasteiger partial charge in [-0.25, -0.2) is 0 Å². The van der Waals surface area contributed by atoms with Gasteiger partial charge in [0.15, 0.2) is 0 Å². The third-order valence-corrected chi connectivity index (χ3v) is 4.00. The normalized spacial score (nSPS) is 16.5. The number of hydrogen-bond acceptors (Lipinski definition) is 5. The van der Waals surface area contributed by atoms with Gasteiger partial charge in [-0.1, -0.05) is 0 Å². The molecule has 0 spiro atoms. The van der Waals surface area contributed by atoms with Gasteiger partial charge in [-0.05, 0) is 45.8 Å². The largest absolute Gasteiger partial charge is 0.491 e. The summed E-state index contributed by atoms with van der Waals surface area (Å²) < 4.78 is 5.76. The van der Waals surface area contributed by atoms with Crippen LogP contribution >= 0.6 is 0 Å². The average molecular weight is 321 g/mol. The lowest BCUT2D eigenvalue weighted by Gasteiger charge is -2.31. The Balaban J connectivity index is 2.12. The maximum atomic E-state index is 11.2. The van der Waals surface area contributed by atoms with Gasteiger partial charge in [-0.2, -0.15) is 0 Å². The molecule has 0 saturated carbocycles. The summed E-state index contributed by atoms with van der Waals surface area (Å²) in [6, 6.07) is 4.68. The maximum Gasteiger partial charge on any atom is 0.270 e. The van der Waals surface area contributed by atoms with Crippen molar-refractivity contribution in [1.82, 2.24) is 4.90 Å². The van der Waals surface area contributed by atoms with Crippen LogP contribution in [-0.2, 0) is 11.3 Å². The van der Waals surface area contributed by atoms with Crippen LogP contribution in [0.4, 0.5) is 5.69 Å². The second kappa shape index (κ2) is 7.41. The first-order valence-electron chi connectivity index (χ1n) is 7.82. The van der Waals surface area contributed by atoms with E-state index in [1.165, 1.54) is 6.07 Å². The Kier molecular flexibility index (Phi) is 5.54. The van der Waals surface area contributed by atoms with Crippen molar-refractivity contribution >= 4 is 11.6 Å². The van der Waals surface area contributed by atoms with E-state index in [2.05, 4.69) is 4.90 Å². The van der Waals surface area contributed by atoms with Crippen molar-refractivity contribution in [2.45, 2.75) is 39.3 Å². The van der Waals surface area contributed by atoms with Gasteiger partial charge < -0.3 is 10.5 Å². The number of nitrogens with zero attached hydrogens (tertiary/aromatic N) is 2. The first kappa shape index (κ1) is 17.2. The number of likely N-dealkylation sites (tertiary alicyclic amines) is 1.